The molecule has 1 fully saturated rings. The second-order valence-corrected chi connectivity index (χ2v) is 4.39. The van der Waals surface area contributed by atoms with Crippen LogP contribution in [-0.4, -0.2) is 12.1 Å². The van der Waals surface area contributed by atoms with Crippen LogP contribution in [0, 0.1) is 0 Å². The molecule has 3 heteroatoms. The summed E-state index contributed by atoms with van der Waals surface area (Å²) in [7, 11) is 1.77. The summed E-state index contributed by atoms with van der Waals surface area (Å²) in [5, 5.41) is 1.11. The molecule has 0 aromatic carbocycles. The van der Waals surface area contributed by atoms with E-state index < -0.39 is 0 Å². The molecule has 70 valence electrons. The first kappa shape index (κ1) is 8.91. The summed E-state index contributed by atoms with van der Waals surface area (Å²) >= 11 is 1.69. The second-order valence-electron chi connectivity index (χ2n) is 3.32. The Kier molecular flexibility index (Phi) is 2.22. The lowest BCUT2D eigenvalue weighted by Gasteiger charge is -2.38. The summed E-state index contributed by atoms with van der Waals surface area (Å²) in [5.41, 5.74) is -0.0636. The summed E-state index contributed by atoms with van der Waals surface area (Å²) in [6.07, 6.45) is 7.16. The van der Waals surface area contributed by atoms with Gasteiger partial charge in [0.15, 0.2) is 0 Å². The summed E-state index contributed by atoms with van der Waals surface area (Å²) in [5.74, 6) is 0. The van der Waals surface area contributed by atoms with Gasteiger partial charge in [0, 0.05) is 18.2 Å². The molecule has 1 aromatic heterocycles. The first-order valence-corrected chi connectivity index (χ1v) is 5.26. The van der Waals surface area contributed by atoms with Gasteiger partial charge < -0.3 is 4.74 Å². The van der Waals surface area contributed by atoms with Crippen molar-refractivity contribution in [2.45, 2.75) is 24.9 Å². The van der Waals surface area contributed by atoms with Crippen LogP contribution in [0.3, 0.4) is 0 Å². The number of aromatic nitrogens is 1. The highest BCUT2D eigenvalue weighted by molar-refractivity contribution is 7.12. The van der Waals surface area contributed by atoms with Crippen LogP contribution in [0.15, 0.2) is 12.8 Å². The number of nitrogens with zero attached hydrogens (tertiary/aromatic N) is 1. The van der Waals surface area contributed by atoms with Crippen LogP contribution >= 0.6 is 11.3 Å². The maximum Gasteiger partial charge on any atom is 0.125 e. The van der Waals surface area contributed by atoms with Gasteiger partial charge in [-0.3, -0.25) is 0 Å². The first-order valence-electron chi connectivity index (χ1n) is 4.45. The van der Waals surface area contributed by atoms with Gasteiger partial charge in [-0.25, -0.2) is 4.98 Å². The summed E-state index contributed by atoms with van der Waals surface area (Å²) in [4.78, 5) is 5.50. The molecule has 1 aromatic rings. The Morgan fingerprint density at radius 3 is 2.85 bits per heavy atom. The number of hydrogen-bond acceptors (Lipinski definition) is 3. The molecule has 0 spiro atoms. The molecule has 0 amide bonds. The quantitative estimate of drug-likeness (QED) is 0.740. The molecule has 1 aliphatic carbocycles. The van der Waals surface area contributed by atoms with Gasteiger partial charge in [-0.05, 0) is 19.3 Å². The Bertz CT molecular complexity index is 309. The topological polar surface area (TPSA) is 22.1 Å². The fraction of sp³-hybridized carbons (Fsp3) is 0.500. The molecule has 0 aliphatic heterocycles. The Hall–Kier alpha value is -0.670. The number of ether oxygens (including phenoxy) is 1. The number of methoxy groups -OCH3 is 1. The molecular formula is C10H13NOS. The van der Waals surface area contributed by atoms with Crippen LogP contribution in [-0.2, 0) is 10.3 Å². The summed E-state index contributed by atoms with van der Waals surface area (Å²) in [6, 6.07) is 0. The Morgan fingerprint density at radius 2 is 2.46 bits per heavy atom. The predicted molar refractivity (Wildman–Crippen MR) is 54.7 cm³/mol. The van der Waals surface area contributed by atoms with Gasteiger partial charge in [0.05, 0.1) is 0 Å². The molecule has 2 rings (SSSR count). The lowest BCUT2D eigenvalue weighted by atomic mass is 9.80. The smallest absolute Gasteiger partial charge is 0.125 e. The van der Waals surface area contributed by atoms with Crippen molar-refractivity contribution in [2.24, 2.45) is 0 Å². The average Bonchev–Trinajstić information content (AvgIpc) is 2.52. The van der Waals surface area contributed by atoms with Crippen molar-refractivity contribution in [2.75, 3.05) is 7.11 Å². The van der Waals surface area contributed by atoms with Crippen molar-refractivity contribution in [3.8, 4) is 0 Å². The van der Waals surface area contributed by atoms with Gasteiger partial charge in [-0.2, -0.15) is 0 Å². The van der Waals surface area contributed by atoms with E-state index in [0.29, 0.717) is 0 Å². The standard InChI is InChI=1S/C10H13NOS/c1-3-8-7-11-9(13-8)10(12-2)5-4-6-10/h3,7H,1,4-6H2,2H3. The lowest BCUT2D eigenvalue weighted by molar-refractivity contribution is -0.0779. The van der Waals surface area contributed by atoms with Crippen LogP contribution < -0.4 is 0 Å². The first-order chi connectivity index (χ1) is 6.30. The predicted octanol–water partition coefficient (Wildman–Crippen LogP) is 2.81. The molecule has 0 N–H and O–H groups in total. The van der Waals surface area contributed by atoms with Gasteiger partial charge in [-0.15, -0.1) is 11.3 Å². The maximum atomic E-state index is 5.53. The Morgan fingerprint density at radius 1 is 1.69 bits per heavy atom. The van der Waals surface area contributed by atoms with Crippen molar-refractivity contribution in [3.63, 3.8) is 0 Å². The normalized spacial score (nSPS) is 19.5. The van der Waals surface area contributed by atoms with Crippen LogP contribution in [0.2, 0.25) is 0 Å². The third kappa shape index (κ3) is 1.32. The summed E-state index contributed by atoms with van der Waals surface area (Å²) in [6.45, 7) is 3.73. The molecule has 2 nitrogen and oxygen atoms in total. The van der Waals surface area contributed by atoms with E-state index in [1.807, 2.05) is 12.3 Å². The fourth-order valence-electron chi connectivity index (χ4n) is 1.59. The Balaban J connectivity index is 2.27. The molecule has 0 saturated heterocycles. The minimum absolute atomic E-state index is 0.0636. The Labute approximate surface area is 82.3 Å². The molecule has 1 heterocycles. The van der Waals surface area contributed by atoms with E-state index in [4.69, 9.17) is 4.74 Å². The van der Waals surface area contributed by atoms with Crippen LogP contribution in [0.4, 0.5) is 0 Å². The highest BCUT2D eigenvalue weighted by atomic mass is 32.1. The van der Waals surface area contributed by atoms with Gasteiger partial charge in [-0.1, -0.05) is 12.7 Å². The van der Waals surface area contributed by atoms with Crippen molar-refractivity contribution < 1.29 is 4.74 Å². The van der Waals surface area contributed by atoms with Crippen molar-refractivity contribution in [1.82, 2.24) is 4.98 Å². The lowest BCUT2D eigenvalue weighted by Crippen LogP contribution is -2.35. The molecule has 0 unspecified atom stereocenters. The van der Waals surface area contributed by atoms with Crippen LogP contribution in [0.5, 0.6) is 0 Å². The van der Waals surface area contributed by atoms with Crippen molar-refractivity contribution in [3.05, 3.63) is 22.7 Å². The third-order valence-corrected chi connectivity index (χ3v) is 3.85. The van der Waals surface area contributed by atoms with Crippen LogP contribution in [0.25, 0.3) is 6.08 Å². The van der Waals surface area contributed by atoms with Crippen molar-refractivity contribution in [1.29, 1.82) is 0 Å². The van der Waals surface area contributed by atoms with Crippen LogP contribution in [0.1, 0.15) is 29.1 Å². The fourth-order valence-corrected chi connectivity index (χ4v) is 2.59. The molecule has 13 heavy (non-hydrogen) atoms. The zero-order valence-electron chi connectivity index (χ0n) is 7.75. The zero-order chi connectivity index (χ0) is 9.31. The average molecular weight is 195 g/mol. The number of hydrogen-bond donors (Lipinski definition) is 0. The summed E-state index contributed by atoms with van der Waals surface area (Å²) < 4.78 is 5.53. The molecule has 1 aliphatic rings. The van der Waals surface area contributed by atoms with E-state index in [1.165, 1.54) is 6.42 Å². The number of rotatable bonds is 3. The molecule has 0 bridgehead atoms. The number of thiazole rings is 1. The van der Waals surface area contributed by atoms with Gasteiger partial charge in [0.2, 0.25) is 0 Å². The molecule has 1 saturated carbocycles. The minimum atomic E-state index is -0.0636. The van der Waals surface area contributed by atoms with Crippen molar-refractivity contribution >= 4 is 17.4 Å². The van der Waals surface area contributed by atoms with Gasteiger partial charge in [0.25, 0.3) is 0 Å². The largest absolute Gasteiger partial charge is 0.371 e. The maximum absolute atomic E-state index is 5.53. The van der Waals surface area contributed by atoms with E-state index in [9.17, 15) is 0 Å². The SMILES string of the molecule is C=Cc1cnc(C2(OC)CCC2)s1. The molecule has 0 radical (unpaired) electrons. The van der Waals surface area contributed by atoms with E-state index in [0.717, 1.165) is 22.7 Å². The minimum Gasteiger partial charge on any atom is -0.371 e. The third-order valence-electron chi connectivity index (χ3n) is 2.67. The monoisotopic (exact) mass is 195 g/mol. The van der Waals surface area contributed by atoms with Gasteiger partial charge >= 0.3 is 0 Å². The molecule has 0 atom stereocenters. The van der Waals surface area contributed by atoms with Gasteiger partial charge in [0.1, 0.15) is 10.6 Å². The van der Waals surface area contributed by atoms with E-state index >= 15 is 0 Å². The highest BCUT2D eigenvalue weighted by Gasteiger charge is 2.41. The van der Waals surface area contributed by atoms with E-state index in [1.54, 1.807) is 18.4 Å². The molecular weight excluding hydrogens is 182 g/mol. The highest BCUT2D eigenvalue weighted by Crippen LogP contribution is 2.45. The second kappa shape index (κ2) is 3.24. The van der Waals surface area contributed by atoms with E-state index in [-0.39, 0.29) is 5.60 Å². The zero-order valence-corrected chi connectivity index (χ0v) is 8.56. The van der Waals surface area contributed by atoms with E-state index in [2.05, 4.69) is 11.6 Å².